The lowest BCUT2D eigenvalue weighted by molar-refractivity contribution is 0.392. The number of aromatic nitrogens is 5. The minimum absolute atomic E-state index is 0.0684. The second kappa shape index (κ2) is 9.05. The predicted octanol–water partition coefficient (Wildman–Crippen LogP) is 1.85. The Morgan fingerprint density at radius 2 is 2.03 bits per heavy atom. The SMILES string of the molecule is COc1ncc(Nc2ncc(Cl)cc2-c2nc(C)nc(N)n2)cc1CNS(=O)O. The molecule has 0 aliphatic heterocycles. The van der Waals surface area contributed by atoms with Crippen LogP contribution in [0.25, 0.3) is 11.4 Å². The van der Waals surface area contributed by atoms with Crippen molar-refractivity contribution >= 4 is 40.3 Å². The van der Waals surface area contributed by atoms with Gasteiger partial charge in [-0.25, -0.2) is 23.9 Å². The number of nitrogens with two attached hydrogens (primary N) is 1. The highest BCUT2D eigenvalue weighted by molar-refractivity contribution is 7.77. The van der Waals surface area contributed by atoms with Gasteiger partial charge in [-0.2, -0.15) is 9.97 Å². The van der Waals surface area contributed by atoms with E-state index in [-0.39, 0.29) is 12.5 Å². The molecule has 1 unspecified atom stereocenters. The van der Waals surface area contributed by atoms with Crippen LogP contribution in [0.2, 0.25) is 5.02 Å². The summed E-state index contributed by atoms with van der Waals surface area (Å²) in [5.41, 5.74) is 7.37. The number of rotatable bonds is 7. The van der Waals surface area contributed by atoms with Crippen molar-refractivity contribution in [2.24, 2.45) is 0 Å². The maximum atomic E-state index is 10.9. The van der Waals surface area contributed by atoms with E-state index in [1.165, 1.54) is 19.5 Å². The third-order valence-electron chi connectivity index (χ3n) is 3.63. The van der Waals surface area contributed by atoms with Crippen LogP contribution in [0.1, 0.15) is 11.4 Å². The molecule has 152 valence electrons. The van der Waals surface area contributed by atoms with E-state index in [1.807, 2.05) is 0 Å². The summed E-state index contributed by atoms with van der Waals surface area (Å²) >= 11 is 3.93. The van der Waals surface area contributed by atoms with E-state index in [1.54, 1.807) is 19.1 Å². The van der Waals surface area contributed by atoms with Crippen LogP contribution in [-0.2, 0) is 17.8 Å². The number of methoxy groups -OCH3 is 1. The smallest absolute Gasteiger partial charge is 0.232 e. The fourth-order valence-corrected chi connectivity index (χ4v) is 2.92. The topological polar surface area (TPSA) is 161 Å². The number of nitrogens with zero attached hydrogens (tertiary/aromatic N) is 5. The molecule has 0 radical (unpaired) electrons. The van der Waals surface area contributed by atoms with Crippen LogP contribution in [-0.4, -0.2) is 40.8 Å². The quantitative estimate of drug-likeness (QED) is 0.402. The molecule has 0 bridgehead atoms. The first-order valence-electron chi connectivity index (χ1n) is 8.14. The summed E-state index contributed by atoms with van der Waals surface area (Å²) in [7, 11) is 1.46. The summed E-state index contributed by atoms with van der Waals surface area (Å²) in [6.45, 7) is 1.77. The van der Waals surface area contributed by atoms with Gasteiger partial charge < -0.3 is 15.8 Å². The van der Waals surface area contributed by atoms with Crippen molar-refractivity contribution in [1.29, 1.82) is 0 Å². The Morgan fingerprint density at radius 3 is 2.72 bits per heavy atom. The van der Waals surface area contributed by atoms with E-state index in [0.717, 1.165) is 0 Å². The third kappa shape index (κ3) is 5.32. The molecule has 13 heteroatoms. The molecule has 0 amide bonds. The van der Waals surface area contributed by atoms with Gasteiger partial charge in [-0.15, -0.1) is 0 Å². The molecule has 3 rings (SSSR count). The highest BCUT2D eigenvalue weighted by atomic mass is 35.5. The molecule has 0 fully saturated rings. The zero-order valence-corrected chi connectivity index (χ0v) is 17.0. The van der Waals surface area contributed by atoms with Gasteiger partial charge in [0.05, 0.1) is 29.6 Å². The minimum atomic E-state index is -2.17. The van der Waals surface area contributed by atoms with Crippen LogP contribution in [0.3, 0.4) is 0 Å². The van der Waals surface area contributed by atoms with Gasteiger partial charge in [0.2, 0.25) is 23.1 Å². The lowest BCUT2D eigenvalue weighted by Crippen LogP contribution is -2.16. The van der Waals surface area contributed by atoms with Gasteiger partial charge in [-0.3, -0.25) is 4.55 Å². The Bertz CT molecular complexity index is 1050. The summed E-state index contributed by atoms with van der Waals surface area (Å²) in [5, 5.41) is 3.52. The lowest BCUT2D eigenvalue weighted by atomic mass is 10.2. The molecule has 11 nitrogen and oxygen atoms in total. The average Bonchev–Trinajstić information content (AvgIpc) is 2.67. The molecule has 0 spiro atoms. The Balaban J connectivity index is 1.98. The van der Waals surface area contributed by atoms with E-state index in [4.69, 9.17) is 26.6 Å². The number of hydrogen-bond acceptors (Lipinski definition) is 9. The molecule has 0 saturated heterocycles. The van der Waals surface area contributed by atoms with Crippen LogP contribution >= 0.6 is 11.6 Å². The van der Waals surface area contributed by atoms with Gasteiger partial charge in [-0.05, 0) is 19.1 Å². The second-order valence-corrected chi connectivity index (χ2v) is 6.93. The number of hydrogen-bond donors (Lipinski definition) is 4. The van der Waals surface area contributed by atoms with Gasteiger partial charge in [-0.1, -0.05) is 11.6 Å². The Kier molecular flexibility index (Phi) is 6.49. The molecular formula is C16H17ClN8O3S. The summed E-state index contributed by atoms with van der Waals surface area (Å²) in [5.74, 6) is 1.58. The number of halogens is 1. The Hall–Kier alpha value is -2.93. The number of pyridine rings is 2. The fraction of sp³-hybridized carbons (Fsp3) is 0.188. The van der Waals surface area contributed by atoms with E-state index in [0.29, 0.717) is 45.2 Å². The summed E-state index contributed by atoms with van der Waals surface area (Å²) in [6.07, 6.45) is 3.00. The molecule has 1 atom stereocenters. The zero-order chi connectivity index (χ0) is 21.0. The van der Waals surface area contributed by atoms with Crippen LogP contribution in [0.5, 0.6) is 5.88 Å². The maximum Gasteiger partial charge on any atom is 0.232 e. The minimum Gasteiger partial charge on any atom is -0.481 e. The molecule has 0 aliphatic carbocycles. The largest absolute Gasteiger partial charge is 0.481 e. The molecule has 3 heterocycles. The van der Waals surface area contributed by atoms with Crippen molar-refractivity contribution in [2.75, 3.05) is 18.2 Å². The summed E-state index contributed by atoms with van der Waals surface area (Å²) < 4.78 is 27.4. The third-order valence-corrected chi connectivity index (χ3v) is 4.23. The first-order chi connectivity index (χ1) is 13.9. The van der Waals surface area contributed by atoms with Crippen LogP contribution in [0.15, 0.2) is 24.5 Å². The molecule has 5 N–H and O–H groups in total. The maximum absolute atomic E-state index is 10.9. The second-order valence-electron chi connectivity index (χ2n) is 5.70. The number of ether oxygens (including phenoxy) is 1. The first-order valence-corrected chi connectivity index (χ1v) is 9.62. The normalized spacial score (nSPS) is 11.9. The van der Waals surface area contributed by atoms with Crippen LogP contribution in [0.4, 0.5) is 17.5 Å². The molecule has 3 aromatic rings. The van der Waals surface area contributed by atoms with E-state index in [9.17, 15) is 4.21 Å². The number of aryl methyl sites for hydroxylation is 1. The Labute approximate surface area is 173 Å². The lowest BCUT2D eigenvalue weighted by Gasteiger charge is -2.13. The summed E-state index contributed by atoms with van der Waals surface area (Å²) in [4.78, 5) is 20.9. The van der Waals surface area contributed by atoms with Crippen molar-refractivity contribution in [2.45, 2.75) is 13.5 Å². The number of nitrogen functional groups attached to an aromatic ring is 1. The predicted molar refractivity (Wildman–Crippen MR) is 109 cm³/mol. The zero-order valence-electron chi connectivity index (χ0n) is 15.4. The fourth-order valence-electron chi connectivity index (χ4n) is 2.49. The van der Waals surface area contributed by atoms with Crippen LogP contribution < -0.4 is 20.5 Å². The van der Waals surface area contributed by atoms with Crippen molar-refractivity contribution < 1.29 is 13.5 Å². The van der Waals surface area contributed by atoms with Gasteiger partial charge in [0.25, 0.3) is 0 Å². The number of nitrogens with one attached hydrogen (secondary N) is 2. The molecular weight excluding hydrogens is 420 g/mol. The van der Waals surface area contributed by atoms with Crippen molar-refractivity contribution in [3.05, 3.63) is 40.9 Å². The van der Waals surface area contributed by atoms with E-state index < -0.39 is 11.3 Å². The molecule has 0 saturated carbocycles. The standard InChI is InChI=1S/C16H17ClN8O3S/c1-8-22-14(25-16(18)23-8)12-4-10(17)6-19-13(12)24-11-3-9(5-21-29(26)27)15(28-2)20-7-11/h3-4,6-7,21H,5H2,1-2H3,(H,19,24)(H,26,27)(H2,18,22,23,25). The molecule has 0 aromatic carbocycles. The molecule has 0 aliphatic rings. The molecule has 29 heavy (non-hydrogen) atoms. The monoisotopic (exact) mass is 436 g/mol. The van der Waals surface area contributed by atoms with Crippen molar-refractivity contribution in [1.82, 2.24) is 29.6 Å². The van der Waals surface area contributed by atoms with Gasteiger partial charge in [0, 0.05) is 18.3 Å². The van der Waals surface area contributed by atoms with Gasteiger partial charge >= 0.3 is 0 Å². The van der Waals surface area contributed by atoms with E-state index >= 15 is 0 Å². The van der Waals surface area contributed by atoms with Crippen molar-refractivity contribution in [3.63, 3.8) is 0 Å². The Morgan fingerprint density at radius 1 is 1.24 bits per heavy atom. The highest BCUT2D eigenvalue weighted by Crippen LogP contribution is 2.30. The van der Waals surface area contributed by atoms with Crippen molar-refractivity contribution in [3.8, 4) is 17.3 Å². The average molecular weight is 437 g/mol. The highest BCUT2D eigenvalue weighted by Gasteiger charge is 2.14. The summed E-state index contributed by atoms with van der Waals surface area (Å²) in [6, 6.07) is 3.36. The van der Waals surface area contributed by atoms with Gasteiger partial charge in [0.15, 0.2) is 5.82 Å². The van der Waals surface area contributed by atoms with E-state index in [2.05, 4.69) is 35.0 Å². The van der Waals surface area contributed by atoms with Crippen LogP contribution in [0, 0.1) is 6.92 Å². The number of anilines is 3. The molecule has 3 aromatic heterocycles. The first kappa shape index (κ1) is 20.8. The van der Waals surface area contributed by atoms with Gasteiger partial charge in [0.1, 0.15) is 11.6 Å².